The van der Waals surface area contributed by atoms with E-state index in [-0.39, 0.29) is 5.91 Å². The zero-order chi connectivity index (χ0) is 18.1. The molecule has 1 amide bonds. The molecule has 134 valence electrons. The molecule has 0 radical (unpaired) electrons. The van der Waals surface area contributed by atoms with Gasteiger partial charge in [0.1, 0.15) is 17.3 Å². The van der Waals surface area contributed by atoms with Crippen LogP contribution in [-0.4, -0.2) is 33.9 Å². The number of rotatable bonds is 9. The number of unbranched alkanes of at least 4 members (excludes halogenated alkanes) is 2. The van der Waals surface area contributed by atoms with E-state index in [1.807, 2.05) is 44.2 Å². The summed E-state index contributed by atoms with van der Waals surface area (Å²) in [6.07, 6.45) is 3.46. The quantitative estimate of drug-likeness (QED) is 0.700. The highest BCUT2D eigenvalue weighted by molar-refractivity contribution is 5.93. The average Bonchev–Trinajstić information content (AvgIpc) is 2.63. The molecule has 0 aliphatic rings. The fourth-order valence-electron chi connectivity index (χ4n) is 2.65. The molecule has 0 bridgehead atoms. The maximum Gasteiger partial charge on any atom is 0.272 e. The number of hydrogen-bond acceptors (Lipinski definition) is 4. The standard InChI is InChI=1S/C20H28N4O/c1-4-6-10-13-21-19-14-18(22-16(3)23-19)20(25)24(5-2)15-17-11-8-7-9-12-17/h7-9,11-12,14H,4-6,10,13,15H2,1-3H3,(H,21,22,23). The molecule has 0 unspecified atom stereocenters. The molecule has 1 N–H and O–H groups in total. The molecule has 0 saturated heterocycles. The Morgan fingerprint density at radius 2 is 1.88 bits per heavy atom. The van der Waals surface area contributed by atoms with Crippen LogP contribution in [-0.2, 0) is 6.54 Å². The molecule has 5 heteroatoms. The van der Waals surface area contributed by atoms with Gasteiger partial charge in [-0.25, -0.2) is 9.97 Å². The third-order valence-electron chi connectivity index (χ3n) is 4.03. The number of nitrogens with zero attached hydrogens (tertiary/aromatic N) is 3. The van der Waals surface area contributed by atoms with Gasteiger partial charge in [0.15, 0.2) is 0 Å². The number of benzene rings is 1. The molecule has 5 nitrogen and oxygen atoms in total. The smallest absolute Gasteiger partial charge is 0.272 e. The fraction of sp³-hybridized carbons (Fsp3) is 0.450. The largest absolute Gasteiger partial charge is 0.370 e. The molecule has 0 fully saturated rings. The fourth-order valence-corrected chi connectivity index (χ4v) is 2.65. The van der Waals surface area contributed by atoms with Crippen LogP contribution in [0.15, 0.2) is 36.4 Å². The van der Waals surface area contributed by atoms with Crippen molar-refractivity contribution in [2.24, 2.45) is 0 Å². The van der Waals surface area contributed by atoms with Crippen LogP contribution in [0.5, 0.6) is 0 Å². The summed E-state index contributed by atoms with van der Waals surface area (Å²) in [4.78, 5) is 23.4. The number of hydrogen-bond donors (Lipinski definition) is 1. The molecular formula is C20H28N4O. The monoisotopic (exact) mass is 340 g/mol. The van der Waals surface area contributed by atoms with Crippen molar-refractivity contribution in [3.8, 4) is 0 Å². The Hall–Kier alpha value is -2.43. The summed E-state index contributed by atoms with van der Waals surface area (Å²) in [6.45, 7) is 8.06. The lowest BCUT2D eigenvalue weighted by atomic mass is 10.2. The first kappa shape index (κ1) is 18.9. The lowest BCUT2D eigenvalue weighted by molar-refractivity contribution is 0.0746. The molecule has 0 aliphatic heterocycles. The molecule has 0 saturated carbocycles. The minimum absolute atomic E-state index is 0.0616. The molecule has 0 spiro atoms. The summed E-state index contributed by atoms with van der Waals surface area (Å²) < 4.78 is 0. The molecule has 1 aromatic heterocycles. The van der Waals surface area contributed by atoms with Gasteiger partial charge in [0, 0.05) is 25.7 Å². The molecule has 1 heterocycles. The van der Waals surface area contributed by atoms with Crippen LogP contribution in [0.2, 0.25) is 0 Å². The Labute approximate surface area is 150 Å². The highest BCUT2D eigenvalue weighted by Crippen LogP contribution is 2.12. The van der Waals surface area contributed by atoms with Crippen molar-refractivity contribution in [2.75, 3.05) is 18.4 Å². The molecule has 0 aliphatic carbocycles. The first-order chi connectivity index (χ1) is 12.1. The van der Waals surface area contributed by atoms with Crippen LogP contribution in [0.3, 0.4) is 0 Å². The number of nitrogens with one attached hydrogen (secondary N) is 1. The summed E-state index contributed by atoms with van der Waals surface area (Å²) in [5.41, 5.74) is 1.56. The highest BCUT2D eigenvalue weighted by Gasteiger charge is 2.17. The van der Waals surface area contributed by atoms with Crippen LogP contribution in [0.25, 0.3) is 0 Å². The van der Waals surface area contributed by atoms with Gasteiger partial charge in [-0.2, -0.15) is 0 Å². The van der Waals surface area contributed by atoms with Crippen LogP contribution in [0.4, 0.5) is 5.82 Å². The SMILES string of the molecule is CCCCCNc1cc(C(=O)N(CC)Cc2ccccc2)nc(C)n1. The van der Waals surface area contributed by atoms with E-state index in [2.05, 4.69) is 22.2 Å². The van der Waals surface area contributed by atoms with E-state index in [9.17, 15) is 4.79 Å². The van der Waals surface area contributed by atoms with Crippen LogP contribution in [0.1, 0.15) is 55.0 Å². The Morgan fingerprint density at radius 3 is 2.56 bits per heavy atom. The second-order valence-electron chi connectivity index (χ2n) is 6.12. The number of carbonyl (C=O) groups is 1. The number of aromatic nitrogens is 2. The third-order valence-corrected chi connectivity index (χ3v) is 4.03. The molecule has 25 heavy (non-hydrogen) atoms. The predicted molar refractivity (Wildman–Crippen MR) is 102 cm³/mol. The normalized spacial score (nSPS) is 10.5. The third kappa shape index (κ3) is 5.85. The van der Waals surface area contributed by atoms with E-state index in [0.717, 1.165) is 24.3 Å². The minimum Gasteiger partial charge on any atom is -0.370 e. The second kappa shape index (κ2) is 9.77. The van der Waals surface area contributed by atoms with Gasteiger partial charge in [0.25, 0.3) is 5.91 Å². The van der Waals surface area contributed by atoms with Gasteiger partial charge in [-0.15, -0.1) is 0 Å². The number of carbonyl (C=O) groups excluding carboxylic acids is 1. The Morgan fingerprint density at radius 1 is 1.12 bits per heavy atom. The summed E-state index contributed by atoms with van der Waals surface area (Å²) in [6, 6.07) is 11.8. The van der Waals surface area contributed by atoms with Gasteiger partial charge in [0.05, 0.1) is 0 Å². The Balaban J connectivity index is 2.09. The topological polar surface area (TPSA) is 58.1 Å². The van der Waals surface area contributed by atoms with Crippen LogP contribution < -0.4 is 5.32 Å². The van der Waals surface area contributed by atoms with E-state index in [4.69, 9.17) is 0 Å². The van der Waals surface area contributed by atoms with Gasteiger partial charge in [0.2, 0.25) is 0 Å². The van der Waals surface area contributed by atoms with Gasteiger partial charge in [-0.1, -0.05) is 50.1 Å². The second-order valence-corrected chi connectivity index (χ2v) is 6.12. The van der Waals surface area contributed by atoms with Crippen molar-refractivity contribution < 1.29 is 4.79 Å². The van der Waals surface area contributed by atoms with Crippen LogP contribution in [0, 0.1) is 6.92 Å². The molecule has 2 aromatic rings. The Kier molecular flexibility index (Phi) is 7.38. The van der Waals surface area contributed by atoms with Crippen molar-refractivity contribution in [1.82, 2.24) is 14.9 Å². The lowest BCUT2D eigenvalue weighted by Crippen LogP contribution is -2.31. The van der Waals surface area contributed by atoms with Gasteiger partial charge in [-0.05, 0) is 25.8 Å². The van der Waals surface area contributed by atoms with Gasteiger partial charge >= 0.3 is 0 Å². The average molecular weight is 340 g/mol. The van der Waals surface area contributed by atoms with Gasteiger partial charge < -0.3 is 10.2 Å². The number of amides is 1. The zero-order valence-corrected chi connectivity index (χ0v) is 15.5. The van der Waals surface area contributed by atoms with Crippen molar-refractivity contribution in [3.05, 3.63) is 53.5 Å². The Bertz CT molecular complexity index is 673. The van der Waals surface area contributed by atoms with E-state index >= 15 is 0 Å². The van der Waals surface area contributed by atoms with Crippen molar-refractivity contribution >= 4 is 11.7 Å². The van der Waals surface area contributed by atoms with E-state index in [1.165, 1.54) is 12.8 Å². The predicted octanol–water partition coefficient (Wildman–Crippen LogP) is 4.05. The number of aryl methyl sites for hydroxylation is 1. The lowest BCUT2D eigenvalue weighted by Gasteiger charge is -2.21. The van der Waals surface area contributed by atoms with E-state index in [1.54, 1.807) is 11.0 Å². The minimum atomic E-state index is -0.0616. The number of anilines is 1. The molecular weight excluding hydrogens is 312 g/mol. The zero-order valence-electron chi connectivity index (χ0n) is 15.5. The summed E-state index contributed by atoms with van der Waals surface area (Å²) in [5, 5.41) is 3.30. The van der Waals surface area contributed by atoms with Crippen LogP contribution >= 0.6 is 0 Å². The molecule has 2 rings (SSSR count). The maximum atomic E-state index is 12.9. The first-order valence-corrected chi connectivity index (χ1v) is 9.06. The van der Waals surface area contributed by atoms with E-state index in [0.29, 0.717) is 24.6 Å². The summed E-state index contributed by atoms with van der Waals surface area (Å²) in [7, 11) is 0. The summed E-state index contributed by atoms with van der Waals surface area (Å²) in [5.74, 6) is 1.27. The van der Waals surface area contributed by atoms with Crippen molar-refractivity contribution in [3.63, 3.8) is 0 Å². The summed E-state index contributed by atoms with van der Waals surface area (Å²) >= 11 is 0. The van der Waals surface area contributed by atoms with Gasteiger partial charge in [-0.3, -0.25) is 4.79 Å². The first-order valence-electron chi connectivity index (χ1n) is 9.06. The molecule has 1 aromatic carbocycles. The maximum absolute atomic E-state index is 12.9. The van der Waals surface area contributed by atoms with Crippen molar-refractivity contribution in [1.29, 1.82) is 0 Å². The van der Waals surface area contributed by atoms with Crippen molar-refractivity contribution in [2.45, 2.75) is 46.6 Å². The van der Waals surface area contributed by atoms with E-state index < -0.39 is 0 Å². The molecule has 0 atom stereocenters. The highest BCUT2D eigenvalue weighted by atomic mass is 16.2.